The van der Waals surface area contributed by atoms with Crippen LogP contribution in [-0.2, 0) is 0 Å². The molecule has 4 aromatic rings. The highest BCUT2D eigenvalue weighted by Crippen LogP contribution is 2.52. The molecule has 6 rings (SSSR count). The first-order chi connectivity index (χ1) is 20.5. The zero-order chi connectivity index (χ0) is 30.2. The van der Waals surface area contributed by atoms with Crippen molar-refractivity contribution >= 4 is 50.6 Å². The molecule has 2 fully saturated rings. The third-order valence-electron chi connectivity index (χ3n) is 8.50. The number of nitrogens with zero attached hydrogens (tertiary/aromatic N) is 3. The lowest BCUT2D eigenvalue weighted by Gasteiger charge is -2.30. The molecule has 0 aliphatic heterocycles. The van der Waals surface area contributed by atoms with E-state index in [4.69, 9.17) is 0 Å². The van der Waals surface area contributed by atoms with Crippen LogP contribution in [-0.4, -0.2) is 61.3 Å². The number of fused-ring (bicyclic) bond motifs is 3. The van der Waals surface area contributed by atoms with Gasteiger partial charge in [-0.3, -0.25) is 14.6 Å². The van der Waals surface area contributed by atoms with Gasteiger partial charge in [-0.15, -0.1) is 11.3 Å². The number of aromatic nitrogens is 3. The Morgan fingerprint density at radius 1 is 1.07 bits per heavy atom. The first kappa shape index (κ1) is 28.9. The van der Waals surface area contributed by atoms with Crippen molar-refractivity contribution in [3.63, 3.8) is 0 Å². The quantitative estimate of drug-likeness (QED) is 0.171. The Labute approximate surface area is 252 Å². The van der Waals surface area contributed by atoms with Gasteiger partial charge >= 0.3 is 0 Å². The summed E-state index contributed by atoms with van der Waals surface area (Å²) in [5.74, 6) is -0.110. The van der Waals surface area contributed by atoms with Gasteiger partial charge in [0.15, 0.2) is 0 Å². The number of hydrogen-bond acceptors (Lipinski definition) is 9. The minimum atomic E-state index is -1.64. The van der Waals surface area contributed by atoms with E-state index in [0.717, 1.165) is 41.6 Å². The fourth-order valence-corrected chi connectivity index (χ4v) is 6.77. The van der Waals surface area contributed by atoms with Gasteiger partial charge in [-0.05, 0) is 76.3 Å². The lowest BCUT2D eigenvalue weighted by Crippen LogP contribution is -2.45. The van der Waals surface area contributed by atoms with Crippen molar-refractivity contribution in [1.82, 2.24) is 25.6 Å². The number of carbonyl (C=O) groups is 2. The van der Waals surface area contributed by atoms with E-state index in [-0.39, 0.29) is 29.1 Å². The molecule has 224 valence electrons. The average molecular weight is 604 g/mol. The maximum Gasteiger partial charge on any atom is 0.255 e. The van der Waals surface area contributed by atoms with Gasteiger partial charge in [-0.25, -0.2) is 14.4 Å². The standard InChI is InChI=1S/C31H34FN7O3S/c1-29(2,42)25(32)16-35-28(41)21-15-34-26(37-20-5-6-22-24(12-20)43-18-36-22)13-23(21)38-30-7-9-31(17-30,10-8-30)39-27(40)19-4-3-11-33-14-19/h3-6,11-15,18,25,42H,7-10,16-17H2,1-2H3,(H,35,41)(H,39,40)(H2,34,37,38). The van der Waals surface area contributed by atoms with Gasteiger partial charge in [0.2, 0.25) is 0 Å². The summed E-state index contributed by atoms with van der Waals surface area (Å²) in [6.45, 7) is 2.38. The molecule has 43 heavy (non-hydrogen) atoms. The van der Waals surface area contributed by atoms with Gasteiger partial charge in [0.1, 0.15) is 12.0 Å². The maximum absolute atomic E-state index is 14.5. The Kier molecular flexibility index (Phi) is 7.51. The number of aliphatic hydroxyl groups is 1. The number of thiazole rings is 1. The van der Waals surface area contributed by atoms with E-state index in [0.29, 0.717) is 23.5 Å². The zero-order valence-corrected chi connectivity index (χ0v) is 24.8. The molecule has 1 unspecified atom stereocenters. The number of hydrogen-bond donors (Lipinski definition) is 5. The first-order valence-corrected chi connectivity index (χ1v) is 15.2. The Balaban J connectivity index is 1.24. The van der Waals surface area contributed by atoms with E-state index >= 15 is 0 Å². The highest BCUT2D eigenvalue weighted by molar-refractivity contribution is 7.16. The minimum Gasteiger partial charge on any atom is -0.387 e. The van der Waals surface area contributed by atoms with Gasteiger partial charge in [-0.1, -0.05) is 0 Å². The lowest BCUT2D eigenvalue weighted by molar-refractivity contribution is -0.00178. The fraction of sp³-hybridized carbons (Fsp3) is 0.387. The number of carbonyl (C=O) groups excluding carboxylic acids is 2. The van der Waals surface area contributed by atoms with Crippen LogP contribution in [0.4, 0.5) is 21.6 Å². The summed E-state index contributed by atoms with van der Waals surface area (Å²) in [6, 6.07) is 11.1. The number of nitrogens with one attached hydrogen (secondary N) is 4. The van der Waals surface area contributed by atoms with Crippen LogP contribution in [0, 0.1) is 0 Å². The Morgan fingerprint density at radius 3 is 2.60 bits per heavy atom. The van der Waals surface area contributed by atoms with E-state index in [2.05, 4.69) is 36.2 Å². The third kappa shape index (κ3) is 6.16. The topological polar surface area (TPSA) is 141 Å². The van der Waals surface area contributed by atoms with Crippen LogP contribution in [0.5, 0.6) is 0 Å². The number of amides is 2. The summed E-state index contributed by atoms with van der Waals surface area (Å²) in [7, 11) is 0. The van der Waals surface area contributed by atoms with Gasteiger partial charge in [0.25, 0.3) is 11.8 Å². The molecule has 3 heterocycles. The molecule has 2 bridgehead atoms. The highest BCUT2D eigenvalue weighted by atomic mass is 32.1. The summed E-state index contributed by atoms with van der Waals surface area (Å²) in [4.78, 5) is 39.1. The predicted molar refractivity (Wildman–Crippen MR) is 165 cm³/mol. The second kappa shape index (κ2) is 11.2. The van der Waals surface area contributed by atoms with Crippen molar-refractivity contribution in [2.75, 3.05) is 17.2 Å². The molecule has 2 aliphatic rings. The Bertz CT molecular complexity index is 1650. The number of benzene rings is 1. The summed E-state index contributed by atoms with van der Waals surface area (Å²) in [5, 5.41) is 22.8. The smallest absolute Gasteiger partial charge is 0.255 e. The van der Waals surface area contributed by atoms with Crippen LogP contribution in [0.25, 0.3) is 10.2 Å². The van der Waals surface area contributed by atoms with E-state index in [1.165, 1.54) is 20.0 Å². The maximum atomic E-state index is 14.5. The lowest BCUT2D eigenvalue weighted by atomic mass is 9.90. The van der Waals surface area contributed by atoms with Gasteiger partial charge in [0, 0.05) is 41.4 Å². The van der Waals surface area contributed by atoms with Crippen molar-refractivity contribution in [3.05, 3.63) is 71.6 Å². The summed E-state index contributed by atoms with van der Waals surface area (Å²) < 4.78 is 15.5. The summed E-state index contributed by atoms with van der Waals surface area (Å²) >= 11 is 1.54. The van der Waals surface area contributed by atoms with Crippen molar-refractivity contribution in [1.29, 1.82) is 0 Å². The molecule has 0 radical (unpaired) electrons. The normalized spacial score (nSPS) is 21.9. The molecule has 10 nitrogen and oxygen atoms in total. The second-order valence-corrected chi connectivity index (χ2v) is 13.1. The molecule has 2 aliphatic carbocycles. The molecule has 2 saturated carbocycles. The molecular weight excluding hydrogens is 569 g/mol. The number of alkyl halides is 1. The first-order valence-electron chi connectivity index (χ1n) is 14.3. The number of pyridine rings is 2. The molecule has 12 heteroatoms. The van der Waals surface area contributed by atoms with E-state index in [1.807, 2.05) is 18.2 Å². The van der Waals surface area contributed by atoms with Crippen LogP contribution in [0.2, 0.25) is 0 Å². The Hall–Kier alpha value is -4.16. The molecule has 2 amide bonds. The largest absolute Gasteiger partial charge is 0.387 e. The Morgan fingerprint density at radius 2 is 1.86 bits per heavy atom. The molecular formula is C31H34FN7O3S. The second-order valence-electron chi connectivity index (χ2n) is 12.2. The van der Waals surface area contributed by atoms with Crippen LogP contribution in [0.1, 0.15) is 66.7 Å². The predicted octanol–water partition coefficient (Wildman–Crippen LogP) is 4.97. The molecule has 0 saturated heterocycles. The van der Waals surface area contributed by atoms with E-state index in [1.54, 1.807) is 47.4 Å². The molecule has 1 atom stereocenters. The molecule has 5 N–H and O–H groups in total. The zero-order valence-electron chi connectivity index (χ0n) is 24.0. The van der Waals surface area contributed by atoms with E-state index < -0.39 is 17.7 Å². The summed E-state index contributed by atoms with van der Waals surface area (Å²) in [5.41, 5.74) is 2.60. The molecule has 3 aromatic heterocycles. The molecule has 0 spiro atoms. The van der Waals surface area contributed by atoms with Gasteiger partial charge in [-0.2, -0.15) is 0 Å². The number of rotatable bonds is 10. The fourth-order valence-electron chi connectivity index (χ4n) is 6.06. The van der Waals surface area contributed by atoms with Crippen molar-refractivity contribution in [3.8, 4) is 0 Å². The number of anilines is 3. The van der Waals surface area contributed by atoms with Crippen LogP contribution in [0.15, 0.2) is 60.5 Å². The van der Waals surface area contributed by atoms with Crippen molar-refractivity contribution in [2.24, 2.45) is 0 Å². The SMILES string of the molecule is CC(C)(O)C(F)CNC(=O)c1cnc(Nc2ccc3ncsc3c2)cc1NC12CCC(NC(=O)c3cccnc3)(CC1)C2. The third-order valence-corrected chi connectivity index (χ3v) is 9.30. The van der Waals surface area contributed by atoms with E-state index in [9.17, 15) is 19.1 Å². The van der Waals surface area contributed by atoms with Crippen LogP contribution in [0.3, 0.4) is 0 Å². The summed E-state index contributed by atoms with van der Waals surface area (Å²) in [6.07, 6.45) is 6.93. The molecule has 1 aromatic carbocycles. The van der Waals surface area contributed by atoms with Gasteiger partial charge < -0.3 is 26.4 Å². The number of halogens is 1. The van der Waals surface area contributed by atoms with Crippen LogP contribution < -0.4 is 21.3 Å². The minimum absolute atomic E-state index is 0.147. The van der Waals surface area contributed by atoms with Crippen LogP contribution >= 0.6 is 11.3 Å². The van der Waals surface area contributed by atoms with Crippen molar-refractivity contribution < 1.29 is 19.1 Å². The van der Waals surface area contributed by atoms with Crippen molar-refractivity contribution in [2.45, 2.75) is 68.8 Å². The average Bonchev–Trinajstić information content (AvgIpc) is 3.69. The highest BCUT2D eigenvalue weighted by Gasteiger charge is 2.55. The van der Waals surface area contributed by atoms with Gasteiger partial charge in [0.05, 0.1) is 44.7 Å². The monoisotopic (exact) mass is 603 g/mol.